The van der Waals surface area contributed by atoms with E-state index in [0.717, 1.165) is 48.8 Å². The zero-order valence-corrected chi connectivity index (χ0v) is 16.3. The molecule has 142 valence electrons. The number of anilines is 1. The first-order chi connectivity index (χ1) is 13.2. The normalized spacial score (nSPS) is 19.1. The van der Waals surface area contributed by atoms with Crippen LogP contribution in [0.5, 0.6) is 0 Å². The maximum atomic E-state index is 5.00. The molecule has 0 aliphatic carbocycles. The van der Waals surface area contributed by atoms with E-state index in [0.29, 0.717) is 12.0 Å². The summed E-state index contributed by atoms with van der Waals surface area (Å²) in [6.45, 7) is 7.57. The zero-order chi connectivity index (χ0) is 18.6. The van der Waals surface area contributed by atoms with Gasteiger partial charge in [0.05, 0.1) is 11.4 Å². The third kappa shape index (κ3) is 4.14. The van der Waals surface area contributed by atoms with Crippen molar-refractivity contribution in [2.75, 3.05) is 25.0 Å². The molecule has 0 spiro atoms. The molecule has 5 nitrogen and oxygen atoms in total. The summed E-state index contributed by atoms with van der Waals surface area (Å²) >= 11 is 0. The second kappa shape index (κ2) is 8.09. The van der Waals surface area contributed by atoms with Gasteiger partial charge in [0.1, 0.15) is 5.82 Å². The van der Waals surface area contributed by atoms with Gasteiger partial charge in [0.25, 0.3) is 0 Å². The quantitative estimate of drug-likeness (QED) is 0.830. The summed E-state index contributed by atoms with van der Waals surface area (Å²) < 4.78 is 2.22. The predicted molar refractivity (Wildman–Crippen MR) is 113 cm³/mol. The Morgan fingerprint density at radius 3 is 3.07 bits per heavy atom. The van der Waals surface area contributed by atoms with Crippen molar-refractivity contribution in [2.45, 2.75) is 39.2 Å². The number of nitrogens with zero attached hydrogens (tertiary/aromatic N) is 3. The second-order valence-corrected chi connectivity index (χ2v) is 7.80. The molecule has 2 aromatic heterocycles. The van der Waals surface area contributed by atoms with E-state index in [2.05, 4.69) is 64.6 Å². The molecule has 5 heteroatoms. The van der Waals surface area contributed by atoms with E-state index >= 15 is 0 Å². The summed E-state index contributed by atoms with van der Waals surface area (Å²) in [4.78, 5) is 9.66. The highest BCUT2D eigenvalue weighted by Gasteiger charge is 2.17. The lowest BCUT2D eigenvalue weighted by Crippen LogP contribution is -2.33. The highest BCUT2D eigenvalue weighted by Crippen LogP contribution is 2.33. The van der Waals surface area contributed by atoms with Crippen LogP contribution in [-0.2, 0) is 6.42 Å². The number of fused-ring (bicyclic) bond motifs is 1. The van der Waals surface area contributed by atoms with Crippen molar-refractivity contribution in [2.24, 2.45) is 10.9 Å². The summed E-state index contributed by atoms with van der Waals surface area (Å²) in [6.07, 6.45) is 13.7. The number of aromatic nitrogens is 2. The maximum absolute atomic E-state index is 5.00. The topological polar surface area (TPSA) is 54.2 Å². The first-order valence-corrected chi connectivity index (χ1v) is 10.1. The highest BCUT2D eigenvalue weighted by atomic mass is 15.0. The molecule has 1 atom stereocenters. The lowest BCUT2D eigenvalue weighted by Gasteiger charge is -2.24. The number of pyridine rings is 1. The van der Waals surface area contributed by atoms with Gasteiger partial charge in [-0.05, 0) is 70.3 Å². The van der Waals surface area contributed by atoms with Crippen molar-refractivity contribution < 1.29 is 0 Å². The smallest absolute Gasteiger partial charge is 0.132 e. The largest absolute Gasteiger partial charge is 0.369 e. The molecule has 0 bridgehead atoms. The van der Waals surface area contributed by atoms with Crippen molar-refractivity contribution in [3.8, 4) is 11.3 Å². The molecule has 2 aliphatic heterocycles. The van der Waals surface area contributed by atoms with E-state index in [1.54, 1.807) is 0 Å². The Labute approximate surface area is 161 Å². The molecule has 2 aromatic rings. The Kier molecular flexibility index (Phi) is 5.39. The number of allylic oxidation sites excluding steroid dienone is 2. The minimum Gasteiger partial charge on any atom is -0.369 e. The Morgan fingerprint density at radius 1 is 1.37 bits per heavy atom. The van der Waals surface area contributed by atoms with E-state index in [1.807, 2.05) is 12.3 Å². The molecule has 0 amide bonds. The van der Waals surface area contributed by atoms with Gasteiger partial charge in [0, 0.05) is 42.3 Å². The average Bonchev–Trinajstić information content (AvgIpc) is 3.07. The van der Waals surface area contributed by atoms with Gasteiger partial charge in [0.2, 0.25) is 0 Å². The van der Waals surface area contributed by atoms with Crippen LogP contribution in [0.15, 0.2) is 41.7 Å². The summed E-state index contributed by atoms with van der Waals surface area (Å²) in [6, 6.07) is 4.70. The monoisotopic (exact) mass is 363 g/mol. The van der Waals surface area contributed by atoms with Gasteiger partial charge in [-0.1, -0.05) is 6.08 Å². The van der Waals surface area contributed by atoms with E-state index in [4.69, 9.17) is 4.98 Å². The number of piperidine rings is 1. The number of aliphatic imine (C=N–C) groups is 1. The predicted octanol–water partition coefficient (Wildman–Crippen LogP) is 4.36. The minimum absolute atomic E-state index is 0.443. The SMILES string of the molecule is CC(C)n1ccc(-c2cc3c(c(NC[C@H]4CCCNC4)n2)CC=CC=N3)c1. The fourth-order valence-corrected chi connectivity index (χ4v) is 3.76. The lowest BCUT2D eigenvalue weighted by atomic mass is 9.99. The van der Waals surface area contributed by atoms with Gasteiger partial charge in [0.15, 0.2) is 0 Å². The molecule has 27 heavy (non-hydrogen) atoms. The molecular formula is C22H29N5. The number of rotatable bonds is 5. The highest BCUT2D eigenvalue weighted by molar-refractivity contribution is 5.80. The van der Waals surface area contributed by atoms with Gasteiger partial charge in [-0.15, -0.1) is 0 Å². The minimum atomic E-state index is 0.443. The van der Waals surface area contributed by atoms with Crippen LogP contribution in [-0.4, -0.2) is 35.4 Å². The Bertz CT molecular complexity index is 840. The number of nitrogens with one attached hydrogen (secondary N) is 2. The molecule has 4 heterocycles. The zero-order valence-electron chi connectivity index (χ0n) is 16.3. The molecule has 4 rings (SSSR count). The average molecular weight is 364 g/mol. The molecule has 0 aromatic carbocycles. The van der Waals surface area contributed by atoms with Crippen LogP contribution >= 0.6 is 0 Å². The van der Waals surface area contributed by atoms with Gasteiger partial charge < -0.3 is 15.2 Å². The number of hydrogen-bond acceptors (Lipinski definition) is 4. The van der Waals surface area contributed by atoms with Gasteiger partial charge in [-0.2, -0.15) is 0 Å². The molecule has 0 radical (unpaired) electrons. The van der Waals surface area contributed by atoms with Crippen LogP contribution in [0.3, 0.4) is 0 Å². The Hall–Kier alpha value is -2.40. The molecule has 0 unspecified atom stereocenters. The van der Waals surface area contributed by atoms with Crippen molar-refractivity contribution >= 4 is 17.7 Å². The first-order valence-electron chi connectivity index (χ1n) is 10.1. The van der Waals surface area contributed by atoms with E-state index in [1.165, 1.54) is 18.4 Å². The fourth-order valence-electron chi connectivity index (χ4n) is 3.76. The second-order valence-electron chi connectivity index (χ2n) is 7.80. The van der Waals surface area contributed by atoms with Gasteiger partial charge in [-0.25, -0.2) is 4.98 Å². The molecule has 1 fully saturated rings. The molecule has 1 saturated heterocycles. The molecule has 2 N–H and O–H groups in total. The Morgan fingerprint density at radius 2 is 2.30 bits per heavy atom. The van der Waals surface area contributed by atoms with E-state index < -0.39 is 0 Å². The van der Waals surface area contributed by atoms with Crippen LogP contribution in [0, 0.1) is 5.92 Å². The maximum Gasteiger partial charge on any atom is 0.132 e. The van der Waals surface area contributed by atoms with Crippen molar-refractivity contribution in [1.82, 2.24) is 14.9 Å². The molecular weight excluding hydrogens is 334 g/mol. The van der Waals surface area contributed by atoms with Gasteiger partial charge in [-0.3, -0.25) is 4.99 Å². The molecule has 2 aliphatic rings. The van der Waals surface area contributed by atoms with Crippen LogP contribution in [0.1, 0.15) is 38.3 Å². The summed E-state index contributed by atoms with van der Waals surface area (Å²) in [5.41, 5.74) is 4.33. The lowest BCUT2D eigenvalue weighted by molar-refractivity contribution is 0.392. The summed E-state index contributed by atoms with van der Waals surface area (Å²) in [5.74, 6) is 1.64. The van der Waals surface area contributed by atoms with E-state index in [9.17, 15) is 0 Å². The number of hydrogen-bond donors (Lipinski definition) is 2. The standard InChI is InChI=1S/C22H29N5/c1-16(2)27-11-8-18(15-27)20-12-21-19(7-3-4-10-24-21)22(26-20)25-14-17-6-5-9-23-13-17/h3-4,8,10-12,15-17,23H,5-7,9,13-14H2,1-2H3,(H,25,26)/t17-/m0/s1. The molecule has 0 saturated carbocycles. The third-order valence-corrected chi connectivity index (χ3v) is 5.42. The third-order valence-electron chi connectivity index (χ3n) is 5.42. The van der Waals surface area contributed by atoms with Crippen LogP contribution in [0.25, 0.3) is 11.3 Å². The van der Waals surface area contributed by atoms with Crippen molar-refractivity contribution in [3.63, 3.8) is 0 Å². The first kappa shape index (κ1) is 18.0. The fraction of sp³-hybridized carbons (Fsp3) is 0.455. The van der Waals surface area contributed by atoms with E-state index in [-0.39, 0.29) is 0 Å². The van der Waals surface area contributed by atoms with Crippen LogP contribution in [0.4, 0.5) is 11.5 Å². The Balaban J connectivity index is 1.65. The van der Waals surface area contributed by atoms with Crippen molar-refractivity contribution in [3.05, 3.63) is 42.2 Å². The van der Waals surface area contributed by atoms with Crippen molar-refractivity contribution in [1.29, 1.82) is 0 Å². The van der Waals surface area contributed by atoms with Crippen LogP contribution in [0.2, 0.25) is 0 Å². The van der Waals surface area contributed by atoms with Gasteiger partial charge >= 0.3 is 0 Å². The summed E-state index contributed by atoms with van der Waals surface area (Å²) in [5, 5.41) is 7.14. The summed E-state index contributed by atoms with van der Waals surface area (Å²) in [7, 11) is 0. The van der Waals surface area contributed by atoms with Crippen LogP contribution < -0.4 is 10.6 Å².